The van der Waals surface area contributed by atoms with Crippen LogP contribution < -0.4 is 5.32 Å². The Balaban J connectivity index is 1.32. The van der Waals surface area contributed by atoms with Crippen LogP contribution in [0.3, 0.4) is 0 Å². The summed E-state index contributed by atoms with van der Waals surface area (Å²) >= 11 is 0. The monoisotopic (exact) mass is 355 g/mol. The third-order valence-electron chi connectivity index (χ3n) is 6.68. The number of esters is 1. The summed E-state index contributed by atoms with van der Waals surface area (Å²) in [6.45, 7) is 1.80. The van der Waals surface area contributed by atoms with Crippen molar-refractivity contribution in [2.24, 2.45) is 17.8 Å². The summed E-state index contributed by atoms with van der Waals surface area (Å²) in [6, 6.07) is 9.65. The Bertz CT molecular complexity index is 634. The van der Waals surface area contributed by atoms with Gasteiger partial charge in [-0.05, 0) is 68.3 Å². The first-order valence-corrected chi connectivity index (χ1v) is 10.1. The molecule has 1 aromatic carbocycles. The Kier molecular flexibility index (Phi) is 4.76. The maximum Gasteiger partial charge on any atom is 0.313 e. The van der Waals surface area contributed by atoms with Crippen LogP contribution in [0.4, 0.5) is 0 Å². The number of rotatable bonds is 6. The number of ether oxygens (including phenoxy) is 1. The van der Waals surface area contributed by atoms with Crippen molar-refractivity contribution in [3.05, 3.63) is 35.9 Å². The van der Waals surface area contributed by atoms with Crippen molar-refractivity contribution in [3.8, 4) is 0 Å². The summed E-state index contributed by atoms with van der Waals surface area (Å²) in [4.78, 5) is 24.9. The molecule has 140 valence electrons. The van der Waals surface area contributed by atoms with E-state index >= 15 is 0 Å². The quantitative estimate of drug-likeness (QED) is 0.790. The van der Waals surface area contributed by atoms with E-state index in [0.717, 1.165) is 42.6 Å². The van der Waals surface area contributed by atoms with Crippen molar-refractivity contribution in [2.45, 2.75) is 63.3 Å². The fraction of sp³-hybridized carbons (Fsp3) is 0.636. The average Bonchev–Trinajstić information content (AvgIpc) is 2.60. The van der Waals surface area contributed by atoms with Gasteiger partial charge in [-0.3, -0.25) is 9.59 Å². The molecule has 0 aliphatic heterocycles. The van der Waals surface area contributed by atoms with E-state index in [1.54, 1.807) is 0 Å². The Morgan fingerprint density at radius 2 is 1.65 bits per heavy atom. The van der Waals surface area contributed by atoms with E-state index in [4.69, 9.17) is 4.74 Å². The molecule has 4 nitrogen and oxygen atoms in total. The van der Waals surface area contributed by atoms with Crippen LogP contribution in [0.25, 0.3) is 0 Å². The molecule has 1 atom stereocenters. The summed E-state index contributed by atoms with van der Waals surface area (Å²) < 4.78 is 5.37. The molecule has 0 aromatic heterocycles. The fourth-order valence-electron chi connectivity index (χ4n) is 6.06. The number of amides is 1. The summed E-state index contributed by atoms with van der Waals surface area (Å²) in [5, 5.41) is 3.26. The van der Waals surface area contributed by atoms with Gasteiger partial charge in [0, 0.05) is 5.54 Å². The molecule has 0 unspecified atom stereocenters. The van der Waals surface area contributed by atoms with Gasteiger partial charge in [-0.1, -0.05) is 37.3 Å². The normalized spacial score (nSPS) is 32.9. The van der Waals surface area contributed by atoms with Crippen molar-refractivity contribution in [2.75, 3.05) is 6.61 Å². The molecule has 0 heterocycles. The van der Waals surface area contributed by atoms with Crippen LogP contribution in [0, 0.1) is 17.8 Å². The topological polar surface area (TPSA) is 55.4 Å². The molecule has 4 bridgehead atoms. The molecule has 4 fully saturated rings. The van der Waals surface area contributed by atoms with Gasteiger partial charge in [0.1, 0.15) is 0 Å². The first kappa shape index (κ1) is 17.6. The summed E-state index contributed by atoms with van der Waals surface area (Å²) in [7, 11) is 0. The predicted octanol–water partition coefficient (Wildman–Crippen LogP) is 3.81. The lowest BCUT2D eigenvalue weighted by Gasteiger charge is -2.56. The van der Waals surface area contributed by atoms with Crippen LogP contribution in [0.2, 0.25) is 0 Å². The van der Waals surface area contributed by atoms with Crippen molar-refractivity contribution in [1.82, 2.24) is 5.32 Å². The average molecular weight is 355 g/mol. The van der Waals surface area contributed by atoms with E-state index in [2.05, 4.69) is 5.32 Å². The third kappa shape index (κ3) is 3.51. The maximum atomic E-state index is 12.5. The molecule has 4 heteroatoms. The van der Waals surface area contributed by atoms with E-state index in [1.165, 1.54) is 19.3 Å². The molecule has 4 saturated carbocycles. The zero-order chi connectivity index (χ0) is 18.1. The van der Waals surface area contributed by atoms with Gasteiger partial charge in [0.15, 0.2) is 6.61 Å². The first-order chi connectivity index (χ1) is 12.6. The lowest BCUT2D eigenvalue weighted by Crippen LogP contribution is -2.60. The van der Waals surface area contributed by atoms with E-state index < -0.39 is 0 Å². The van der Waals surface area contributed by atoms with Gasteiger partial charge in [-0.25, -0.2) is 0 Å². The summed E-state index contributed by atoms with van der Waals surface area (Å²) in [6.07, 6.45) is 8.04. The minimum absolute atomic E-state index is 0.0260. The third-order valence-corrected chi connectivity index (χ3v) is 6.68. The minimum Gasteiger partial charge on any atom is -0.455 e. The van der Waals surface area contributed by atoms with Gasteiger partial charge in [0.05, 0.1) is 5.92 Å². The van der Waals surface area contributed by atoms with Gasteiger partial charge >= 0.3 is 5.97 Å². The van der Waals surface area contributed by atoms with Crippen molar-refractivity contribution in [1.29, 1.82) is 0 Å². The lowest BCUT2D eigenvalue weighted by atomic mass is 9.53. The van der Waals surface area contributed by atoms with Crippen molar-refractivity contribution < 1.29 is 14.3 Å². The molecule has 5 rings (SSSR count). The first-order valence-electron chi connectivity index (χ1n) is 10.1. The molecule has 26 heavy (non-hydrogen) atoms. The minimum atomic E-state index is -0.306. The lowest BCUT2D eigenvalue weighted by molar-refractivity contribution is -0.151. The second-order valence-corrected chi connectivity index (χ2v) is 8.73. The summed E-state index contributed by atoms with van der Waals surface area (Å²) in [5.41, 5.74) is 0.920. The number of carbonyl (C=O) groups excluding carboxylic acids is 2. The van der Waals surface area contributed by atoms with Crippen LogP contribution in [-0.4, -0.2) is 24.0 Å². The van der Waals surface area contributed by atoms with Gasteiger partial charge in [-0.2, -0.15) is 0 Å². The van der Waals surface area contributed by atoms with Crippen LogP contribution in [-0.2, 0) is 14.3 Å². The Labute approximate surface area is 155 Å². The fourth-order valence-corrected chi connectivity index (χ4v) is 6.06. The number of carbonyl (C=O) groups is 2. The molecule has 0 spiro atoms. The highest BCUT2D eigenvalue weighted by molar-refractivity contribution is 5.83. The van der Waals surface area contributed by atoms with Gasteiger partial charge < -0.3 is 10.1 Å². The zero-order valence-electron chi connectivity index (χ0n) is 15.6. The highest BCUT2D eigenvalue weighted by atomic mass is 16.5. The molecule has 4 aliphatic carbocycles. The van der Waals surface area contributed by atoms with Crippen LogP contribution in [0.1, 0.15) is 63.4 Å². The molecule has 1 amide bonds. The molecule has 4 aliphatic rings. The van der Waals surface area contributed by atoms with Crippen LogP contribution in [0.15, 0.2) is 30.3 Å². The standard InChI is InChI=1S/C22H29NO3/c1-2-19(18-6-4-3-5-7-18)21(25)26-14-20(24)23-22-11-15-8-16(12-22)10-17(9-15)13-22/h3-7,15-17,19H,2,8-14H2,1H3,(H,23,24)/t15?,16?,17?,19-,22?/m0/s1. The van der Waals surface area contributed by atoms with Gasteiger partial charge in [0.25, 0.3) is 5.91 Å². The van der Waals surface area contributed by atoms with Gasteiger partial charge in [-0.15, -0.1) is 0 Å². The van der Waals surface area contributed by atoms with E-state index in [-0.39, 0.29) is 29.9 Å². The SMILES string of the molecule is CC[C@H](C(=O)OCC(=O)NC12CC3CC(CC(C3)C1)C2)c1ccccc1. The summed E-state index contributed by atoms with van der Waals surface area (Å²) in [5.74, 6) is 1.61. The molecule has 0 saturated heterocycles. The smallest absolute Gasteiger partial charge is 0.313 e. The Hall–Kier alpha value is -1.84. The van der Waals surface area contributed by atoms with Crippen molar-refractivity contribution >= 4 is 11.9 Å². The van der Waals surface area contributed by atoms with Crippen LogP contribution in [0.5, 0.6) is 0 Å². The molecular formula is C22H29NO3. The van der Waals surface area contributed by atoms with E-state index in [0.29, 0.717) is 6.42 Å². The molecule has 0 radical (unpaired) electrons. The van der Waals surface area contributed by atoms with Gasteiger partial charge in [0.2, 0.25) is 0 Å². The predicted molar refractivity (Wildman–Crippen MR) is 99.5 cm³/mol. The van der Waals surface area contributed by atoms with E-state index in [9.17, 15) is 9.59 Å². The second kappa shape index (κ2) is 7.05. The number of hydrogen-bond acceptors (Lipinski definition) is 3. The highest BCUT2D eigenvalue weighted by Crippen LogP contribution is 2.55. The molecule has 1 aromatic rings. The molecule has 1 N–H and O–H groups in total. The largest absolute Gasteiger partial charge is 0.455 e. The number of nitrogens with one attached hydrogen (secondary N) is 1. The Morgan fingerprint density at radius 1 is 1.08 bits per heavy atom. The highest BCUT2D eigenvalue weighted by Gasteiger charge is 2.51. The number of benzene rings is 1. The maximum absolute atomic E-state index is 12.5. The molecular weight excluding hydrogens is 326 g/mol. The van der Waals surface area contributed by atoms with E-state index in [1.807, 2.05) is 37.3 Å². The number of hydrogen-bond donors (Lipinski definition) is 1. The second-order valence-electron chi connectivity index (χ2n) is 8.73. The zero-order valence-corrected chi connectivity index (χ0v) is 15.6. The van der Waals surface area contributed by atoms with Crippen LogP contribution >= 0.6 is 0 Å². The van der Waals surface area contributed by atoms with Crippen molar-refractivity contribution in [3.63, 3.8) is 0 Å². The Morgan fingerprint density at radius 3 is 2.19 bits per heavy atom.